The van der Waals surface area contributed by atoms with E-state index >= 15 is 0 Å². The maximum atomic E-state index is 12.6. The van der Waals surface area contributed by atoms with Crippen molar-refractivity contribution in [3.05, 3.63) is 24.3 Å². The number of rotatable bonds is 4. The molecule has 1 saturated heterocycles. The first-order chi connectivity index (χ1) is 9.90. The van der Waals surface area contributed by atoms with Gasteiger partial charge in [0.2, 0.25) is 5.91 Å². The maximum absolute atomic E-state index is 12.6. The molecule has 0 aliphatic carbocycles. The molecule has 2 rings (SSSR count). The van der Waals surface area contributed by atoms with E-state index in [1.54, 1.807) is 0 Å². The second-order valence-corrected chi connectivity index (χ2v) is 6.63. The molecule has 1 aliphatic heterocycles. The first-order valence-corrected chi connectivity index (χ1v) is 7.70. The summed E-state index contributed by atoms with van der Waals surface area (Å²) >= 11 is 0. The summed E-state index contributed by atoms with van der Waals surface area (Å²) in [4.78, 5) is 12.6. The van der Waals surface area contributed by atoms with Gasteiger partial charge in [-0.2, -0.15) is 0 Å². The molecule has 116 valence electrons. The molecule has 1 unspecified atom stereocenters. The molecular weight excluding hydrogens is 264 g/mol. The summed E-state index contributed by atoms with van der Waals surface area (Å²) in [6.07, 6.45) is 2.25. The Morgan fingerprint density at radius 1 is 1.38 bits per heavy atom. The van der Waals surface area contributed by atoms with Crippen LogP contribution in [0.1, 0.15) is 40.5 Å². The van der Waals surface area contributed by atoms with Crippen molar-refractivity contribution in [3.8, 4) is 5.75 Å². The van der Waals surface area contributed by atoms with Gasteiger partial charge in [0, 0.05) is 0 Å². The number of hydrogen-bond acceptors (Lipinski definition) is 3. The highest BCUT2D eigenvalue weighted by Crippen LogP contribution is 2.32. The van der Waals surface area contributed by atoms with Crippen LogP contribution in [0.5, 0.6) is 5.75 Å². The summed E-state index contributed by atoms with van der Waals surface area (Å²) in [5.41, 5.74) is 0.704. The maximum Gasteiger partial charge on any atom is 0.242 e. The quantitative estimate of drug-likeness (QED) is 0.895. The van der Waals surface area contributed by atoms with E-state index in [9.17, 15) is 4.79 Å². The van der Waals surface area contributed by atoms with Crippen LogP contribution in [0.4, 0.5) is 5.69 Å². The smallest absolute Gasteiger partial charge is 0.242 e. The molecule has 1 aliphatic rings. The van der Waals surface area contributed by atoms with Crippen molar-refractivity contribution >= 4 is 11.6 Å². The first-order valence-electron chi connectivity index (χ1n) is 7.70. The molecule has 1 aromatic carbocycles. The Labute approximate surface area is 127 Å². The third kappa shape index (κ3) is 3.97. The van der Waals surface area contributed by atoms with Crippen LogP contribution in [0.15, 0.2) is 24.3 Å². The van der Waals surface area contributed by atoms with Gasteiger partial charge in [0.05, 0.1) is 17.8 Å². The Hall–Kier alpha value is -1.55. The summed E-state index contributed by atoms with van der Waals surface area (Å²) in [7, 11) is 0. The zero-order valence-corrected chi connectivity index (χ0v) is 13.4. The van der Waals surface area contributed by atoms with Gasteiger partial charge in [-0.15, -0.1) is 0 Å². The predicted molar refractivity (Wildman–Crippen MR) is 85.6 cm³/mol. The number of piperidine rings is 1. The number of carbonyl (C=O) groups is 1. The number of hydrogen-bond donors (Lipinski definition) is 2. The number of nitrogens with one attached hydrogen (secondary N) is 2. The van der Waals surface area contributed by atoms with Crippen LogP contribution in [-0.2, 0) is 4.79 Å². The van der Waals surface area contributed by atoms with E-state index in [0.717, 1.165) is 30.8 Å². The van der Waals surface area contributed by atoms with Crippen molar-refractivity contribution < 1.29 is 9.53 Å². The van der Waals surface area contributed by atoms with Crippen molar-refractivity contribution in [3.63, 3.8) is 0 Å². The van der Waals surface area contributed by atoms with Crippen molar-refractivity contribution in [1.82, 2.24) is 5.32 Å². The van der Waals surface area contributed by atoms with Crippen molar-refractivity contribution in [1.29, 1.82) is 0 Å². The van der Waals surface area contributed by atoms with Gasteiger partial charge in [0.25, 0.3) is 0 Å². The topological polar surface area (TPSA) is 50.4 Å². The summed E-state index contributed by atoms with van der Waals surface area (Å²) in [6, 6.07) is 7.41. The van der Waals surface area contributed by atoms with Crippen LogP contribution in [0, 0.1) is 5.41 Å². The molecule has 0 spiro atoms. The number of para-hydroxylation sites is 2. The number of benzene rings is 1. The molecule has 21 heavy (non-hydrogen) atoms. The Kier molecular flexibility index (Phi) is 4.88. The Balaban J connectivity index is 2.12. The molecular formula is C17H26N2O2. The lowest BCUT2D eigenvalue weighted by molar-refractivity contribution is -0.121. The van der Waals surface area contributed by atoms with Gasteiger partial charge in [-0.25, -0.2) is 0 Å². The van der Waals surface area contributed by atoms with E-state index in [1.807, 2.05) is 38.1 Å². The van der Waals surface area contributed by atoms with E-state index in [0.29, 0.717) is 0 Å². The lowest BCUT2D eigenvalue weighted by Crippen LogP contribution is -2.53. The average molecular weight is 290 g/mol. The normalized spacial score (nSPS) is 21.1. The minimum atomic E-state index is -0.168. The molecule has 1 atom stereocenters. The molecule has 2 N–H and O–H groups in total. The fourth-order valence-electron chi connectivity index (χ4n) is 2.79. The Morgan fingerprint density at radius 2 is 2.10 bits per heavy atom. The summed E-state index contributed by atoms with van der Waals surface area (Å²) < 4.78 is 5.75. The van der Waals surface area contributed by atoms with Gasteiger partial charge >= 0.3 is 0 Å². The van der Waals surface area contributed by atoms with Gasteiger partial charge in [-0.1, -0.05) is 26.0 Å². The standard InChI is InChI=1S/C17H26N2O2/c1-12(2)21-14-9-6-5-8-13(14)19-16(20)15-17(3,4)10-7-11-18-15/h5-6,8-9,12,15,18H,7,10-11H2,1-4H3,(H,19,20). The lowest BCUT2D eigenvalue weighted by Gasteiger charge is -2.38. The summed E-state index contributed by atoms with van der Waals surface area (Å²) in [5, 5.41) is 6.35. The minimum Gasteiger partial charge on any atom is -0.489 e. The molecule has 1 heterocycles. The van der Waals surface area contributed by atoms with E-state index in [1.165, 1.54) is 0 Å². The highest BCUT2D eigenvalue weighted by molar-refractivity contribution is 5.96. The van der Waals surface area contributed by atoms with Crippen LogP contribution in [-0.4, -0.2) is 24.6 Å². The zero-order chi connectivity index (χ0) is 15.5. The second kappa shape index (κ2) is 6.48. The first kappa shape index (κ1) is 15.8. The van der Waals surface area contributed by atoms with Crippen molar-refractivity contribution in [2.75, 3.05) is 11.9 Å². The van der Waals surface area contributed by atoms with E-state index < -0.39 is 0 Å². The number of anilines is 1. The Morgan fingerprint density at radius 3 is 2.76 bits per heavy atom. The van der Waals surface area contributed by atoms with Gasteiger partial charge in [-0.05, 0) is 50.8 Å². The minimum absolute atomic E-state index is 0.0134. The fourth-order valence-corrected chi connectivity index (χ4v) is 2.79. The molecule has 0 saturated carbocycles. The third-order valence-electron chi connectivity index (χ3n) is 3.90. The van der Waals surface area contributed by atoms with E-state index in [-0.39, 0.29) is 23.5 Å². The molecule has 4 nitrogen and oxygen atoms in total. The number of amides is 1. The number of carbonyl (C=O) groups excluding carboxylic acids is 1. The molecule has 0 radical (unpaired) electrons. The van der Waals surface area contributed by atoms with Crippen molar-refractivity contribution in [2.24, 2.45) is 5.41 Å². The molecule has 4 heteroatoms. The average Bonchev–Trinajstić information content (AvgIpc) is 2.39. The SMILES string of the molecule is CC(C)Oc1ccccc1NC(=O)C1NCCCC1(C)C. The van der Waals surface area contributed by atoms with Crippen LogP contribution in [0.2, 0.25) is 0 Å². The second-order valence-electron chi connectivity index (χ2n) is 6.63. The summed E-state index contributed by atoms with van der Waals surface area (Å²) in [6.45, 7) is 9.13. The lowest BCUT2D eigenvalue weighted by atomic mass is 9.77. The van der Waals surface area contributed by atoms with Crippen molar-refractivity contribution in [2.45, 2.75) is 52.7 Å². The van der Waals surface area contributed by atoms with E-state index in [4.69, 9.17) is 4.74 Å². The van der Waals surface area contributed by atoms with Crippen LogP contribution < -0.4 is 15.4 Å². The monoisotopic (exact) mass is 290 g/mol. The Bertz CT molecular complexity index is 497. The van der Waals surface area contributed by atoms with Gasteiger partial charge in [-0.3, -0.25) is 4.79 Å². The zero-order valence-electron chi connectivity index (χ0n) is 13.4. The highest BCUT2D eigenvalue weighted by atomic mass is 16.5. The highest BCUT2D eigenvalue weighted by Gasteiger charge is 2.37. The largest absolute Gasteiger partial charge is 0.489 e. The molecule has 1 amide bonds. The van der Waals surface area contributed by atoms with Gasteiger partial charge in [0.15, 0.2) is 0 Å². The predicted octanol–water partition coefficient (Wildman–Crippen LogP) is 3.19. The molecule has 1 fully saturated rings. The van der Waals surface area contributed by atoms with Crippen LogP contribution in [0.3, 0.4) is 0 Å². The van der Waals surface area contributed by atoms with Crippen LogP contribution in [0.25, 0.3) is 0 Å². The summed E-state index contributed by atoms with van der Waals surface area (Å²) in [5.74, 6) is 0.731. The molecule has 1 aromatic rings. The van der Waals surface area contributed by atoms with Gasteiger partial charge in [0.1, 0.15) is 5.75 Å². The fraction of sp³-hybridized carbons (Fsp3) is 0.588. The third-order valence-corrected chi connectivity index (χ3v) is 3.90. The van der Waals surface area contributed by atoms with Gasteiger partial charge < -0.3 is 15.4 Å². The molecule has 0 aromatic heterocycles. The number of ether oxygens (including phenoxy) is 1. The molecule has 0 bridgehead atoms. The van der Waals surface area contributed by atoms with Crippen LogP contribution >= 0.6 is 0 Å². The van der Waals surface area contributed by atoms with E-state index in [2.05, 4.69) is 24.5 Å².